The van der Waals surface area contributed by atoms with Crippen molar-refractivity contribution in [2.24, 2.45) is 0 Å². The molecule has 0 atom stereocenters. The number of aromatic amines is 1. The Bertz CT molecular complexity index is 445. The zero-order valence-corrected chi connectivity index (χ0v) is 7.83. The predicted molar refractivity (Wildman–Crippen MR) is 50.1 cm³/mol. The Kier molecular flexibility index (Phi) is 1.58. The summed E-state index contributed by atoms with van der Waals surface area (Å²) in [6, 6.07) is 5.71. The molecular formula is C7H4BrNOS. The van der Waals surface area contributed by atoms with Gasteiger partial charge in [0.1, 0.15) is 0 Å². The lowest BCUT2D eigenvalue weighted by atomic mass is 10.3. The van der Waals surface area contributed by atoms with E-state index < -0.39 is 0 Å². The Morgan fingerprint density at radius 2 is 2.27 bits per heavy atom. The lowest BCUT2D eigenvalue weighted by Crippen LogP contribution is -1.89. The van der Waals surface area contributed by atoms with Gasteiger partial charge < -0.3 is 4.98 Å². The molecule has 1 N–H and O–H groups in total. The standard InChI is InChI=1S/C7H4BrNOS/c8-4-2-1-3-5-6(4)11-7(10)9-5/h1-3H,(H,9,10). The first-order chi connectivity index (χ1) is 5.27. The molecule has 1 aromatic heterocycles. The molecule has 1 aromatic carbocycles. The summed E-state index contributed by atoms with van der Waals surface area (Å²) >= 11 is 4.58. The van der Waals surface area contributed by atoms with Crippen LogP contribution in [0, 0.1) is 0 Å². The second-order valence-corrected chi connectivity index (χ2v) is 3.97. The third-order valence-corrected chi connectivity index (χ3v) is 3.25. The zero-order valence-electron chi connectivity index (χ0n) is 5.43. The van der Waals surface area contributed by atoms with E-state index in [2.05, 4.69) is 20.9 Å². The monoisotopic (exact) mass is 229 g/mol. The van der Waals surface area contributed by atoms with Gasteiger partial charge in [-0.1, -0.05) is 17.4 Å². The third-order valence-electron chi connectivity index (χ3n) is 1.40. The summed E-state index contributed by atoms with van der Waals surface area (Å²) < 4.78 is 1.95. The van der Waals surface area contributed by atoms with Gasteiger partial charge in [-0.3, -0.25) is 4.79 Å². The second-order valence-electron chi connectivity index (χ2n) is 2.13. The molecule has 56 valence electrons. The topological polar surface area (TPSA) is 32.9 Å². The van der Waals surface area contributed by atoms with Gasteiger partial charge in [-0.15, -0.1) is 0 Å². The Morgan fingerprint density at radius 1 is 1.45 bits per heavy atom. The fourth-order valence-electron chi connectivity index (χ4n) is 0.939. The van der Waals surface area contributed by atoms with E-state index >= 15 is 0 Å². The number of thiazole rings is 1. The van der Waals surface area contributed by atoms with Crippen LogP contribution in [0.15, 0.2) is 27.5 Å². The van der Waals surface area contributed by atoms with Gasteiger partial charge in [-0.2, -0.15) is 0 Å². The predicted octanol–water partition coefficient (Wildman–Crippen LogP) is 2.35. The summed E-state index contributed by atoms with van der Waals surface area (Å²) in [6.07, 6.45) is 0. The van der Waals surface area contributed by atoms with Crippen molar-refractivity contribution >= 4 is 37.5 Å². The minimum Gasteiger partial charge on any atom is -0.312 e. The van der Waals surface area contributed by atoms with Crippen LogP contribution in [0.25, 0.3) is 10.2 Å². The van der Waals surface area contributed by atoms with Crippen LogP contribution < -0.4 is 4.87 Å². The van der Waals surface area contributed by atoms with Gasteiger partial charge in [0.25, 0.3) is 0 Å². The molecule has 0 aliphatic heterocycles. The number of hydrogen-bond acceptors (Lipinski definition) is 2. The van der Waals surface area contributed by atoms with Crippen molar-refractivity contribution in [2.75, 3.05) is 0 Å². The molecule has 2 nitrogen and oxygen atoms in total. The van der Waals surface area contributed by atoms with Crippen LogP contribution in [-0.2, 0) is 0 Å². The van der Waals surface area contributed by atoms with Crippen molar-refractivity contribution in [1.29, 1.82) is 0 Å². The summed E-state index contributed by atoms with van der Waals surface area (Å²) in [5.74, 6) is 0. The van der Waals surface area contributed by atoms with Gasteiger partial charge in [-0.05, 0) is 28.1 Å². The lowest BCUT2D eigenvalue weighted by molar-refractivity contribution is 1.41. The highest BCUT2D eigenvalue weighted by molar-refractivity contribution is 9.10. The Labute approximate surface area is 75.0 Å². The van der Waals surface area contributed by atoms with Crippen molar-refractivity contribution in [3.8, 4) is 0 Å². The molecular weight excluding hydrogens is 226 g/mol. The fraction of sp³-hybridized carbons (Fsp3) is 0. The number of rotatable bonds is 0. The van der Waals surface area contributed by atoms with Crippen molar-refractivity contribution < 1.29 is 0 Å². The first-order valence-electron chi connectivity index (χ1n) is 3.05. The molecule has 11 heavy (non-hydrogen) atoms. The molecule has 0 aliphatic rings. The summed E-state index contributed by atoms with van der Waals surface area (Å²) in [5, 5.41) is 0. The number of halogens is 1. The van der Waals surface area contributed by atoms with E-state index in [9.17, 15) is 4.79 Å². The number of nitrogens with one attached hydrogen (secondary N) is 1. The Morgan fingerprint density at radius 3 is 3.00 bits per heavy atom. The average molecular weight is 230 g/mol. The minimum absolute atomic E-state index is 0.00750. The van der Waals surface area contributed by atoms with Gasteiger partial charge in [0.2, 0.25) is 0 Å². The lowest BCUT2D eigenvalue weighted by Gasteiger charge is -1.88. The molecule has 2 rings (SSSR count). The van der Waals surface area contributed by atoms with E-state index in [0.717, 1.165) is 14.7 Å². The first kappa shape index (κ1) is 7.06. The van der Waals surface area contributed by atoms with Crippen LogP contribution in [0.2, 0.25) is 0 Å². The molecule has 4 heteroatoms. The maximum Gasteiger partial charge on any atom is 0.305 e. The number of fused-ring (bicyclic) bond motifs is 1. The maximum absolute atomic E-state index is 10.9. The van der Waals surface area contributed by atoms with Crippen LogP contribution in [-0.4, -0.2) is 4.98 Å². The summed E-state index contributed by atoms with van der Waals surface area (Å²) in [4.78, 5) is 13.6. The normalized spacial score (nSPS) is 10.6. The molecule has 0 aliphatic carbocycles. The van der Waals surface area contributed by atoms with E-state index in [0.29, 0.717) is 0 Å². The van der Waals surface area contributed by atoms with E-state index in [-0.39, 0.29) is 4.87 Å². The second kappa shape index (κ2) is 2.46. The molecule has 0 spiro atoms. The van der Waals surface area contributed by atoms with Crippen molar-refractivity contribution in [3.05, 3.63) is 32.3 Å². The highest BCUT2D eigenvalue weighted by atomic mass is 79.9. The highest BCUT2D eigenvalue weighted by Crippen LogP contribution is 2.23. The molecule has 0 radical (unpaired) electrons. The summed E-state index contributed by atoms with van der Waals surface area (Å²) in [6.45, 7) is 0. The number of H-pyrrole nitrogens is 1. The van der Waals surface area contributed by atoms with Crippen LogP contribution in [0.4, 0.5) is 0 Å². The maximum atomic E-state index is 10.9. The van der Waals surface area contributed by atoms with Gasteiger partial charge in [0.15, 0.2) is 0 Å². The molecule has 0 amide bonds. The van der Waals surface area contributed by atoms with E-state index in [1.807, 2.05) is 18.2 Å². The van der Waals surface area contributed by atoms with Crippen LogP contribution >= 0.6 is 27.3 Å². The largest absolute Gasteiger partial charge is 0.312 e. The average Bonchev–Trinajstić information content (AvgIpc) is 2.31. The Balaban J connectivity index is 3.01. The van der Waals surface area contributed by atoms with Crippen molar-refractivity contribution in [2.45, 2.75) is 0 Å². The van der Waals surface area contributed by atoms with Gasteiger partial charge in [0.05, 0.1) is 10.2 Å². The molecule has 2 aromatic rings. The molecule has 1 heterocycles. The highest BCUT2D eigenvalue weighted by Gasteiger charge is 2.00. The molecule has 0 saturated carbocycles. The third kappa shape index (κ3) is 1.12. The van der Waals surface area contributed by atoms with Crippen molar-refractivity contribution in [1.82, 2.24) is 4.98 Å². The molecule has 0 bridgehead atoms. The molecule has 0 unspecified atom stereocenters. The van der Waals surface area contributed by atoms with Crippen molar-refractivity contribution in [3.63, 3.8) is 0 Å². The minimum atomic E-state index is -0.00750. The SMILES string of the molecule is O=c1[nH]c2cccc(Br)c2s1. The molecule has 0 saturated heterocycles. The van der Waals surface area contributed by atoms with Gasteiger partial charge >= 0.3 is 4.87 Å². The zero-order chi connectivity index (χ0) is 7.84. The smallest absolute Gasteiger partial charge is 0.305 e. The van der Waals surface area contributed by atoms with Gasteiger partial charge in [-0.25, -0.2) is 0 Å². The number of aromatic nitrogens is 1. The summed E-state index contributed by atoms with van der Waals surface area (Å²) in [5.41, 5.74) is 0.898. The summed E-state index contributed by atoms with van der Waals surface area (Å²) in [7, 11) is 0. The quantitative estimate of drug-likeness (QED) is 0.740. The van der Waals surface area contributed by atoms with E-state index in [1.54, 1.807) is 0 Å². The Hall–Kier alpha value is -0.610. The van der Waals surface area contributed by atoms with E-state index in [1.165, 1.54) is 11.3 Å². The van der Waals surface area contributed by atoms with E-state index in [4.69, 9.17) is 0 Å². The van der Waals surface area contributed by atoms with Crippen LogP contribution in [0.5, 0.6) is 0 Å². The van der Waals surface area contributed by atoms with Gasteiger partial charge in [0, 0.05) is 4.47 Å². The molecule has 0 fully saturated rings. The van der Waals surface area contributed by atoms with Crippen LogP contribution in [0.3, 0.4) is 0 Å². The fourth-order valence-corrected chi connectivity index (χ4v) is 2.29. The number of hydrogen-bond donors (Lipinski definition) is 1. The first-order valence-corrected chi connectivity index (χ1v) is 4.65. The van der Waals surface area contributed by atoms with Crippen LogP contribution in [0.1, 0.15) is 0 Å². The number of benzene rings is 1.